The molecule has 0 amide bonds. The van der Waals surface area contributed by atoms with Gasteiger partial charge >= 0.3 is 0 Å². The van der Waals surface area contributed by atoms with E-state index in [0.29, 0.717) is 16.5 Å². The molecule has 2 rings (SSSR count). The molecule has 0 bridgehead atoms. The van der Waals surface area contributed by atoms with Crippen molar-refractivity contribution in [1.82, 2.24) is 0 Å². The maximum Gasteiger partial charge on any atom is 0.124 e. The third kappa shape index (κ3) is 3.64. The van der Waals surface area contributed by atoms with E-state index in [1.54, 1.807) is 23.9 Å². The SMILES string of the molecule is Nc1ccc(SCc2cc(F)cc(Br)c2)c(Cl)c1. The number of hydrogen-bond acceptors (Lipinski definition) is 2. The van der Waals surface area contributed by atoms with Crippen LogP contribution in [0.4, 0.5) is 10.1 Å². The summed E-state index contributed by atoms with van der Waals surface area (Å²) in [5.41, 5.74) is 7.16. The van der Waals surface area contributed by atoms with Crippen LogP contribution in [0.15, 0.2) is 45.8 Å². The molecule has 1 nitrogen and oxygen atoms in total. The Morgan fingerprint density at radius 2 is 2.00 bits per heavy atom. The number of anilines is 1. The molecule has 0 saturated heterocycles. The number of halogens is 3. The fourth-order valence-corrected chi connectivity index (χ4v) is 3.20. The van der Waals surface area contributed by atoms with Crippen molar-refractivity contribution in [3.63, 3.8) is 0 Å². The van der Waals surface area contributed by atoms with Crippen molar-refractivity contribution in [2.45, 2.75) is 10.6 Å². The number of nitrogens with two attached hydrogens (primary N) is 1. The number of hydrogen-bond donors (Lipinski definition) is 1. The molecule has 2 N–H and O–H groups in total. The van der Waals surface area contributed by atoms with Crippen molar-refractivity contribution in [2.24, 2.45) is 0 Å². The average molecular weight is 347 g/mol. The minimum absolute atomic E-state index is 0.247. The van der Waals surface area contributed by atoms with Gasteiger partial charge in [0.2, 0.25) is 0 Å². The minimum atomic E-state index is -0.247. The highest BCUT2D eigenvalue weighted by molar-refractivity contribution is 9.10. The van der Waals surface area contributed by atoms with Crippen molar-refractivity contribution in [1.29, 1.82) is 0 Å². The van der Waals surface area contributed by atoms with Crippen LogP contribution in [0.1, 0.15) is 5.56 Å². The summed E-state index contributed by atoms with van der Waals surface area (Å²) >= 11 is 10.9. The summed E-state index contributed by atoms with van der Waals surface area (Å²) in [5, 5.41) is 0.621. The lowest BCUT2D eigenvalue weighted by Gasteiger charge is -2.06. The number of nitrogen functional groups attached to an aromatic ring is 1. The molecule has 0 spiro atoms. The van der Waals surface area contributed by atoms with Crippen molar-refractivity contribution in [2.75, 3.05) is 5.73 Å². The first-order chi connectivity index (χ1) is 8.54. The van der Waals surface area contributed by atoms with Crippen molar-refractivity contribution in [3.05, 3.63) is 57.3 Å². The predicted octanol–water partition coefficient (Wildman–Crippen LogP) is 5.12. The standard InChI is InChI=1S/C13H10BrClFNS/c14-9-3-8(4-10(16)5-9)7-18-13-2-1-11(17)6-12(13)15/h1-6H,7,17H2. The smallest absolute Gasteiger partial charge is 0.124 e. The summed E-state index contributed by atoms with van der Waals surface area (Å²) in [5.74, 6) is 0.406. The first-order valence-corrected chi connectivity index (χ1v) is 7.33. The Bertz CT molecular complexity index is 557. The molecule has 2 aromatic carbocycles. The van der Waals surface area contributed by atoms with Crippen LogP contribution in [0, 0.1) is 5.82 Å². The Balaban J connectivity index is 2.11. The van der Waals surface area contributed by atoms with E-state index in [1.807, 2.05) is 12.1 Å². The first-order valence-electron chi connectivity index (χ1n) is 5.17. The van der Waals surface area contributed by atoms with Gasteiger partial charge in [-0.3, -0.25) is 0 Å². The summed E-state index contributed by atoms with van der Waals surface area (Å²) in [6, 6.07) is 10.2. The molecule has 0 radical (unpaired) electrons. The van der Waals surface area contributed by atoms with Gasteiger partial charge in [0.25, 0.3) is 0 Å². The van der Waals surface area contributed by atoms with Gasteiger partial charge in [-0.05, 0) is 42.0 Å². The summed E-state index contributed by atoms with van der Waals surface area (Å²) in [6.45, 7) is 0. The van der Waals surface area contributed by atoms with Crippen LogP contribution in [0.5, 0.6) is 0 Å². The van der Waals surface area contributed by atoms with Gasteiger partial charge in [0.1, 0.15) is 5.82 Å². The zero-order valence-corrected chi connectivity index (χ0v) is 12.4. The van der Waals surface area contributed by atoms with Crippen LogP contribution in [-0.4, -0.2) is 0 Å². The van der Waals surface area contributed by atoms with Crippen LogP contribution in [0.3, 0.4) is 0 Å². The molecule has 94 valence electrons. The normalized spacial score (nSPS) is 10.6. The Hall–Kier alpha value is -0.710. The molecule has 0 atom stereocenters. The van der Waals surface area contributed by atoms with E-state index >= 15 is 0 Å². The fourth-order valence-electron chi connectivity index (χ4n) is 1.49. The molecular formula is C13H10BrClFNS. The lowest BCUT2D eigenvalue weighted by Crippen LogP contribution is -1.87. The highest BCUT2D eigenvalue weighted by Crippen LogP contribution is 2.31. The van der Waals surface area contributed by atoms with Gasteiger partial charge in [-0.1, -0.05) is 27.5 Å². The van der Waals surface area contributed by atoms with Gasteiger partial charge in [-0.2, -0.15) is 0 Å². The summed E-state index contributed by atoms with van der Waals surface area (Å²) < 4.78 is 13.9. The van der Waals surface area contributed by atoms with Gasteiger partial charge < -0.3 is 5.73 Å². The number of benzene rings is 2. The van der Waals surface area contributed by atoms with Crippen LogP contribution < -0.4 is 5.73 Å². The maximum atomic E-state index is 13.2. The lowest BCUT2D eigenvalue weighted by atomic mass is 10.2. The molecule has 0 fully saturated rings. The second kappa shape index (κ2) is 5.95. The highest BCUT2D eigenvalue weighted by Gasteiger charge is 2.04. The van der Waals surface area contributed by atoms with E-state index < -0.39 is 0 Å². The van der Waals surface area contributed by atoms with Crippen LogP contribution in [-0.2, 0) is 5.75 Å². The van der Waals surface area contributed by atoms with E-state index in [1.165, 1.54) is 12.1 Å². The van der Waals surface area contributed by atoms with Crippen LogP contribution in [0.2, 0.25) is 5.02 Å². The first kappa shape index (κ1) is 13.7. The van der Waals surface area contributed by atoms with Gasteiger partial charge in [0.05, 0.1) is 5.02 Å². The molecule has 0 unspecified atom stereocenters. The van der Waals surface area contributed by atoms with Gasteiger partial charge in [0.15, 0.2) is 0 Å². The summed E-state index contributed by atoms with van der Waals surface area (Å²) in [4.78, 5) is 0.936. The van der Waals surface area contributed by atoms with E-state index in [4.69, 9.17) is 17.3 Å². The predicted molar refractivity (Wildman–Crippen MR) is 79.5 cm³/mol. The van der Waals surface area contributed by atoms with Gasteiger partial charge in [0, 0.05) is 20.8 Å². The van der Waals surface area contributed by atoms with E-state index in [0.717, 1.165) is 14.9 Å². The Morgan fingerprint density at radius 3 is 2.67 bits per heavy atom. The third-order valence-corrected chi connectivity index (χ3v) is 4.30. The van der Waals surface area contributed by atoms with Crippen molar-refractivity contribution >= 4 is 45.0 Å². The zero-order chi connectivity index (χ0) is 13.1. The monoisotopic (exact) mass is 345 g/mol. The number of thioether (sulfide) groups is 1. The van der Waals surface area contributed by atoms with Crippen molar-refractivity contribution < 1.29 is 4.39 Å². The highest BCUT2D eigenvalue weighted by atomic mass is 79.9. The maximum absolute atomic E-state index is 13.2. The average Bonchev–Trinajstić information content (AvgIpc) is 2.26. The van der Waals surface area contributed by atoms with E-state index in [-0.39, 0.29) is 5.82 Å². The lowest BCUT2D eigenvalue weighted by molar-refractivity contribution is 0.625. The summed E-state index contributed by atoms with van der Waals surface area (Å²) in [7, 11) is 0. The van der Waals surface area contributed by atoms with E-state index in [9.17, 15) is 4.39 Å². The molecule has 0 heterocycles. The Labute approximate surface area is 123 Å². The fraction of sp³-hybridized carbons (Fsp3) is 0.0769. The Morgan fingerprint density at radius 1 is 1.22 bits per heavy atom. The Kier molecular flexibility index (Phi) is 4.54. The zero-order valence-electron chi connectivity index (χ0n) is 9.29. The van der Waals surface area contributed by atoms with E-state index in [2.05, 4.69) is 15.9 Å². The second-order valence-electron chi connectivity index (χ2n) is 3.76. The molecule has 0 aliphatic carbocycles. The minimum Gasteiger partial charge on any atom is -0.399 e. The van der Waals surface area contributed by atoms with Gasteiger partial charge in [-0.25, -0.2) is 4.39 Å². The molecule has 5 heteroatoms. The third-order valence-electron chi connectivity index (χ3n) is 2.27. The molecule has 0 aliphatic heterocycles. The molecule has 0 aromatic heterocycles. The van der Waals surface area contributed by atoms with Crippen LogP contribution >= 0.6 is 39.3 Å². The molecule has 18 heavy (non-hydrogen) atoms. The molecule has 0 aliphatic rings. The van der Waals surface area contributed by atoms with Crippen LogP contribution in [0.25, 0.3) is 0 Å². The largest absolute Gasteiger partial charge is 0.399 e. The quantitative estimate of drug-likeness (QED) is 0.617. The topological polar surface area (TPSA) is 26.0 Å². The molecule has 0 saturated carbocycles. The van der Waals surface area contributed by atoms with Crippen molar-refractivity contribution in [3.8, 4) is 0 Å². The van der Waals surface area contributed by atoms with Gasteiger partial charge in [-0.15, -0.1) is 11.8 Å². The number of rotatable bonds is 3. The molecular weight excluding hydrogens is 337 g/mol. The summed E-state index contributed by atoms with van der Waals surface area (Å²) in [6.07, 6.45) is 0. The molecule has 2 aromatic rings. The second-order valence-corrected chi connectivity index (χ2v) is 6.10.